The maximum Gasteiger partial charge on any atom is 0.0446 e. The topological polar surface area (TPSA) is 32.3 Å². The standard InChI is InChI=1S/C13H27NOS/c1-11(2)6-5-7-12(3)14-13(8-9-15)10-16-4/h6,12-15H,5,7-10H2,1-4H3. The minimum absolute atomic E-state index is 0.277. The van der Waals surface area contributed by atoms with Gasteiger partial charge < -0.3 is 10.4 Å². The highest BCUT2D eigenvalue weighted by molar-refractivity contribution is 7.98. The first-order valence-corrected chi connectivity index (χ1v) is 7.48. The van der Waals surface area contributed by atoms with Gasteiger partial charge in [0.2, 0.25) is 0 Å². The van der Waals surface area contributed by atoms with Crippen LogP contribution >= 0.6 is 11.8 Å². The molecule has 2 unspecified atom stereocenters. The largest absolute Gasteiger partial charge is 0.396 e. The van der Waals surface area contributed by atoms with Crippen molar-refractivity contribution in [2.24, 2.45) is 0 Å². The summed E-state index contributed by atoms with van der Waals surface area (Å²) in [5.74, 6) is 1.08. The fraction of sp³-hybridized carbons (Fsp3) is 0.846. The summed E-state index contributed by atoms with van der Waals surface area (Å²) in [4.78, 5) is 0. The van der Waals surface area contributed by atoms with Crippen LogP contribution in [0, 0.1) is 0 Å². The van der Waals surface area contributed by atoms with E-state index < -0.39 is 0 Å². The molecule has 16 heavy (non-hydrogen) atoms. The minimum atomic E-state index is 0.277. The van der Waals surface area contributed by atoms with Gasteiger partial charge >= 0.3 is 0 Å². The summed E-state index contributed by atoms with van der Waals surface area (Å²) < 4.78 is 0. The number of thioether (sulfide) groups is 1. The summed E-state index contributed by atoms with van der Waals surface area (Å²) >= 11 is 1.83. The molecule has 2 N–H and O–H groups in total. The molecule has 0 aromatic carbocycles. The lowest BCUT2D eigenvalue weighted by Crippen LogP contribution is -2.38. The lowest BCUT2D eigenvalue weighted by molar-refractivity contribution is 0.264. The molecule has 0 saturated heterocycles. The van der Waals surface area contributed by atoms with Crippen LogP contribution in [0.15, 0.2) is 11.6 Å². The fourth-order valence-electron chi connectivity index (χ4n) is 1.68. The molecule has 0 aliphatic carbocycles. The second-order valence-electron chi connectivity index (χ2n) is 4.59. The van der Waals surface area contributed by atoms with Crippen LogP contribution < -0.4 is 5.32 Å². The first-order valence-electron chi connectivity index (χ1n) is 6.09. The highest BCUT2D eigenvalue weighted by atomic mass is 32.2. The van der Waals surface area contributed by atoms with Crippen molar-refractivity contribution in [1.82, 2.24) is 5.32 Å². The molecule has 0 aliphatic heterocycles. The van der Waals surface area contributed by atoms with E-state index in [0.29, 0.717) is 12.1 Å². The van der Waals surface area contributed by atoms with Gasteiger partial charge in [0, 0.05) is 24.4 Å². The van der Waals surface area contributed by atoms with E-state index in [0.717, 1.165) is 18.6 Å². The molecule has 0 bridgehead atoms. The van der Waals surface area contributed by atoms with E-state index in [1.165, 1.54) is 12.0 Å². The zero-order chi connectivity index (χ0) is 12.4. The van der Waals surface area contributed by atoms with Crippen LogP contribution in [-0.4, -0.2) is 35.8 Å². The average molecular weight is 245 g/mol. The van der Waals surface area contributed by atoms with Gasteiger partial charge in [-0.3, -0.25) is 0 Å². The van der Waals surface area contributed by atoms with Gasteiger partial charge in [0.05, 0.1) is 0 Å². The molecule has 0 aromatic heterocycles. The van der Waals surface area contributed by atoms with Crippen LogP contribution in [0.2, 0.25) is 0 Å². The first-order chi connectivity index (χ1) is 7.60. The molecule has 2 atom stereocenters. The zero-order valence-corrected chi connectivity index (χ0v) is 11.9. The van der Waals surface area contributed by atoms with Crippen LogP contribution in [0.1, 0.15) is 40.0 Å². The Labute approximate surface area is 105 Å². The average Bonchev–Trinajstić information content (AvgIpc) is 2.17. The lowest BCUT2D eigenvalue weighted by Gasteiger charge is -2.21. The number of aliphatic hydroxyl groups is 1. The highest BCUT2D eigenvalue weighted by Crippen LogP contribution is 2.06. The van der Waals surface area contributed by atoms with E-state index in [1.54, 1.807) is 0 Å². The second-order valence-corrected chi connectivity index (χ2v) is 5.50. The van der Waals surface area contributed by atoms with Gasteiger partial charge in [0.1, 0.15) is 0 Å². The van der Waals surface area contributed by atoms with Crippen LogP contribution in [0.3, 0.4) is 0 Å². The van der Waals surface area contributed by atoms with Gasteiger partial charge in [-0.1, -0.05) is 11.6 Å². The molecule has 0 heterocycles. The number of allylic oxidation sites excluding steroid dienone is 2. The van der Waals surface area contributed by atoms with Crippen LogP contribution in [0.25, 0.3) is 0 Å². The third-order valence-corrected chi connectivity index (χ3v) is 3.25. The zero-order valence-electron chi connectivity index (χ0n) is 11.1. The van der Waals surface area contributed by atoms with Crippen LogP contribution in [0.4, 0.5) is 0 Å². The van der Waals surface area contributed by atoms with Crippen molar-refractivity contribution in [3.63, 3.8) is 0 Å². The monoisotopic (exact) mass is 245 g/mol. The number of nitrogens with one attached hydrogen (secondary N) is 1. The predicted molar refractivity (Wildman–Crippen MR) is 75.1 cm³/mol. The summed E-state index contributed by atoms with van der Waals surface area (Å²) in [6.45, 7) is 6.78. The molecule has 0 spiro atoms. The number of rotatable bonds is 9. The third kappa shape index (κ3) is 9.25. The Morgan fingerprint density at radius 2 is 2.06 bits per heavy atom. The SMILES string of the molecule is CSCC(CCO)NC(C)CCC=C(C)C. The van der Waals surface area contributed by atoms with Gasteiger partial charge in [0.25, 0.3) is 0 Å². The Morgan fingerprint density at radius 1 is 1.38 bits per heavy atom. The van der Waals surface area contributed by atoms with E-state index in [2.05, 4.69) is 38.4 Å². The molecule has 0 saturated carbocycles. The number of hydrogen-bond acceptors (Lipinski definition) is 3. The minimum Gasteiger partial charge on any atom is -0.396 e. The third-order valence-electron chi connectivity index (χ3n) is 2.52. The van der Waals surface area contributed by atoms with Crippen molar-refractivity contribution in [1.29, 1.82) is 0 Å². The predicted octanol–water partition coefficient (Wildman–Crippen LogP) is 2.82. The molecule has 0 amide bonds. The quantitative estimate of drug-likeness (QED) is 0.613. The Hall–Kier alpha value is 0.0100. The first kappa shape index (κ1) is 16.0. The molecule has 3 heteroatoms. The second kappa shape index (κ2) is 10.2. The van der Waals surface area contributed by atoms with Crippen molar-refractivity contribution in [3.8, 4) is 0 Å². The molecule has 0 aliphatic rings. The van der Waals surface area contributed by atoms with Crippen molar-refractivity contribution in [3.05, 3.63) is 11.6 Å². The number of hydrogen-bond donors (Lipinski definition) is 2. The summed E-state index contributed by atoms with van der Waals surface area (Å²) in [6, 6.07) is 0.973. The summed E-state index contributed by atoms with van der Waals surface area (Å²) in [7, 11) is 0. The molecular formula is C13H27NOS. The van der Waals surface area contributed by atoms with E-state index in [-0.39, 0.29) is 6.61 Å². The van der Waals surface area contributed by atoms with Crippen molar-refractivity contribution >= 4 is 11.8 Å². The molecule has 96 valence electrons. The Balaban J connectivity index is 3.80. The van der Waals surface area contributed by atoms with Gasteiger partial charge in [-0.2, -0.15) is 11.8 Å². The summed E-state index contributed by atoms with van der Waals surface area (Å²) in [6.07, 6.45) is 7.56. The van der Waals surface area contributed by atoms with E-state index in [4.69, 9.17) is 5.11 Å². The maximum atomic E-state index is 8.97. The van der Waals surface area contributed by atoms with Crippen LogP contribution in [0.5, 0.6) is 0 Å². The van der Waals surface area contributed by atoms with Crippen molar-refractivity contribution in [2.45, 2.75) is 52.1 Å². The van der Waals surface area contributed by atoms with E-state index in [9.17, 15) is 0 Å². The lowest BCUT2D eigenvalue weighted by atomic mass is 10.1. The van der Waals surface area contributed by atoms with Gasteiger partial charge in [0.15, 0.2) is 0 Å². The normalized spacial score (nSPS) is 14.6. The highest BCUT2D eigenvalue weighted by Gasteiger charge is 2.10. The van der Waals surface area contributed by atoms with Crippen molar-refractivity contribution < 1.29 is 5.11 Å². The Morgan fingerprint density at radius 3 is 2.56 bits per heavy atom. The summed E-state index contributed by atoms with van der Waals surface area (Å²) in [5.41, 5.74) is 1.39. The molecular weight excluding hydrogens is 218 g/mol. The Kier molecular flexibility index (Phi) is 10.2. The van der Waals surface area contributed by atoms with E-state index >= 15 is 0 Å². The van der Waals surface area contributed by atoms with E-state index in [1.807, 2.05) is 11.8 Å². The fourth-order valence-corrected chi connectivity index (χ4v) is 2.34. The molecule has 2 nitrogen and oxygen atoms in total. The smallest absolute Gasteiger partial charge is 0.0446 e. The number of aliphatic hydroxyl groups excluding tert-OH is 1. The van der Waals surface area contributed by atoms with Gasteiger partial charge in [-0.05, 0) is 46.3 Å². The van der Waals surface area contributed by atoms with Crippen molar-refractivity contribution in [2.75, 3.05) is 18.6 Å². The van der Waals surface area contributed by atoms with Crippen LogP contribution in [-0.2, 0) is 0 Å². The maximum absolute atomic E-state index is 8.97. The molecule has 0 fully saturated rings. The molecule has 0 rings (SSSR count). The Bertz CT molecular complexity index is 184. The van der Waals surface area contributed by atoms with Gasteiger partial charge in [-0.25, -0.2) is 0 Å². The molecule has 0 radical (unpaired) electrons. The summed E-state index contributed by atoms with van der Waals surface area (Å²) in [5, 5.41) is 12.5. The van der Waals surface area contributed by atoms with Gasteiger partial charge in [-0.15, -0.1) is 0 Å². The molecule has 0 aromatic rings.